The Morgan fingerprint density at radius 3 is 2.94 bits per heavy atom. The lowest BCUT2D eigenvalue weighted by Gasteiger charge is -2.19. The molecule has 17 heavy (non-hydrogen) atoms. The van der Waals surface area contributed by atoms with Crippen LogP contribution in [0.5, 0.6) is 0 Å². The van der Waals surface area contributed by atoms with E-state index in [0.717, 1.165) is 6.42 Å². The summed E-state index contributed by atoms with van der Waals surface area (Å²) in [6.45, 7) is 0. The summed E-state index contributed by atoms with van der Waals surface area (Å²) in [4.78, 5) is 14.7. The summed E-state index contributed by atoms with van der Waals surface area (Å²) in [5.41, 5.74) is 0.443. The molecule has 2 rings (SSSR count). The summed E-state index contributed by atoms with van der Waals surface area (Å²) < 4.78 is 23.7. The third-order valence-electron chi connectivity index (χ3n) is 2.76. The zero-order chi connectivity index (χ0) is 12.5. The molecule has 0 aliphatic carbocycles. The molecular formula is C10H13NO4S2. The van der Waals surface area contributed by atoms with Gasteiger partial charge in [-0.25, -0.2) is 13.4 Å². The predicted octanol–water partition coefficient (Wildman–Crippen LogP) is 1.41. The quantitative estimate of drug-likeness (QED) is 0.901. The first-order chi connectivity index (χ1) is 7.99. The van der Waals surface area contributed by atoms with Crippen molar-refractivity contribution in [1.82, 2.24) is 4.98 Å². The van der Waals surface area contributed by atoms with Gasteiger partial charge in [0.2, 0.25) is 0 Å². The van der Waals surface area contributed by atoms with Crippen LogP contribution in [0.1, 0.15) is 35.2 Å². The Hall–Kier alpha value is -0.950. The van der Waals surface area contributed by atoms with Gasteiger partial charge in [0, 0.05) is 5.38 Å². The second-order valence-electron chi connectivity index (χ2n) is 4.10. The number of carboxylic acids is 1. The smallest absolute Gasteiger partial charge is 0.309 e. The average Bonchev–Trinajstić information content (AvgIpc) is 2.64. The van der Waals surface area contributed by atoms with Crippen molar-refractivity contribution >= 4 is 27.1 Å². The molecule has 1 aliphatic rings. The first-order valence-electron chi connectivity index (χ1n) is 5.37. The predicted molar refractivity (Wildman–Crippen MR) is 63.8 cm³/mol. The van der Waals surface area contributed by atoms with Crippen LogP contribution in [0, 0.1) is 0 Å². The number of aliphatic carboxylic acids is 1. The first kappa shape index (κ1) is 12.5. The molecule has 0 radical (unpaired) electrons. The molecule has 94 valence electrons. The lowest BCUT2D eigenvalue weighted by molar-refractivity contribution is -0.136. The standard InChI is InChI=1S/C10H13NO4S2/c12-9(13)5-7-6-16-10(11-7)8-3-1-2-4-17(8,14)15/h6,8H,1-5H2,(H,12,13). The van der Waals surface area contributed by atoms with E-state index in [2.05, 4.69) is 4.98 Å². The Morgan fingerprint density at radius 2 is 2.29 bits per heavy atom. The van der Waals surface area contributed by atoms with E-state index in [1.165, 1.54) is 11.3 Å². The first-order valence-corrected chi connectivity index (χ1v) is 7.96. The van der Waals surface area contributed by atoms with Gasteiger partial charge in [-0.3, -0.25) is 4.79 Å². The molecule has 2 heterocycles. The molecule has 0 amide bonds. The third-order valence-corrected chi connectivity index (χ3v) is 6.10. The lowest BCUT2D eigenvalue weighted by Crippen LogP contribution is -2.21. The third kappa shape index (κ3) is 2.84. The normalized spacial score (nSPS) is 23.4. The molecule has 0 spiro atoms. The van der Waals surface area contributed by atoms with E-state index < -0.39 is 21.1 Å². The van der Waals surface area contributed by atoms with E-state index in [4.69, 9.17) is 5.11 Å². The summed E-state index contributed by atoms with van der Waals surface area (Å²) in [5.74, 6) is -0.737. The molecule has 7 heteroatoms. The molecule has 1 unspecified atom stereocenters. The van der Waals surface area contributed by atoms with Gasteiger partial charge in [0.25, 0.3) is 0 Å². The molecule has 1 fully saturated rings. The fourth-order valence-electron chi connectivity index (χ4n) is 1.94. The fraction of sp³-hybridized carbons (Fsp3) is 0.600. The van der Waals surface area contributed by atoms with E-state index in [0.29, 0.717) is 23.5 Å². The number of aromatic nitrogens is 1. The molecular weight excluding hydrogens is 262 g/mol. The van der Waals surface area contributed by atoms with Crippen molar-refractivity contribution in [3.05, 3.63) is 16.1 Å². The molecule has 1 aromatic rings. The molecule has 5 nitrogen and oxygen atoms in total. The van der Waals surface area contributed by atoms with Crippen molar-refractivity contribution in [2.24, 2.45) is 0 Å². The largest absolute Gasteiger partial charge is 0.481 e. The van der Waals surface area contributed by atoms with Crippen LogP contribution in [-0.4, -0.2) is 30.2 Å². The minimum absolute atomic E-state index is 0.150. The van der Waals surface area contributed by atoms with Gasteiger partial charge in [-0.15, -0.1) is 11.3 Å². The van der Waals surface area contributed by atoms with Crippen LogP contribution in [0.25, 0.3) is 0 Å². The zero-order valence-corrected chi connectivity index (χ0v) is 10.8. The molecule has 0 aromatic carbocycles. The van der Waals surface area contributed by atoms with Gasteiger partial charge in [-0.1, -0.05) is 6.42 Å². The summed E-state index contributed by atoms with van der Waals surface area (Å²) in [6, 6.07) is 0. The van der Waals surface area contributed by atoms with Crippen LogP contribution in [0.4, 0.5) is 0 Å². The van der Waals surface area contributed by atoms with Crippen LogP contribution in [0.15, 0.2) is 5.38 Å². The van der Waals surface area contributed by atoms with Crippen molar-refractivity contribution < 1.29 is 18.3 Å². The van der Waals surface area contributed by atoms with Crippen molar-refractivity contribution in [3.8, 4) is 0 Å². The number of rotatable bonds is 3. The van der Waals surface area contributed by atoms with Crippen LogP contribution in [0.2, 0.25) is 0 Å². The summed E-state index contributed by atoms with van der Waals surface area (Å²) >= 11 is 1.25. The van der Waals surface area contributed by atoms with Crippen LogP contribution in [-0.2, 0) is 21.1 Å². The van der Waals surface area contributed by atoms with Gasteiger partial charge in [0.15, 0.2) is 9.84 Å². The van der Waals surface area contributed by atoms with Gasteiger partial charge in [0.05, 0.1) is 17.9 Å². The second kappa shape index (κ2) is 4.73. The summed E-state index contributed by atoms with van der Waals surface area (Å²) in [5, 5.41) is 10.3. The fourth-order valence-corrected chi connectivity index (χ4v) is 5.15. The number of sulfone groups is 1. The monoisotopic (exact) mass is 275 g/mol. The Bertz CT molecular complexity index is 520. The van der Waals surface area contributed by atoms with Gasteiger partial charge >= 0.3 is 5.97 Å². The topological polar surface area (TPSA) is 84.3 Å². The number of hydrogen-bond donors (Lipinski definition) is 1. The molecule has 1 saturated heterocycles. The molecule has 0 bridgehead atoms. The number of carbonyl (C=O) groups is 1. The van der Waals surface area contributed by atoms with Gasteiger partial charge in [-0.05, 0) is 12.8 Å². The highest BCUT2D eigenvalue weighted by Crippen LogP contribution is 2.34. The lowest BCUT2D eigenvalue weighted by atomic mass is 10.2. The van der Waals surface area contributed by atoms with E-state index >= 15 is 0 Å². The zero-order valence-electron chi connectivity index (χ0n) is 9.13. The Kier molecular flexibility index (Phi) is 3.48. The van der Waals surface area contributed by atoms with Gasteiger partial charge < -0.3 is 5.11 Å². The Labute approximate surface area is 103 Å². The maximum Gasteiger partial charge on any atom is 0.309 e. The highest BCUT2D eigenvalue weighted by atomic mass is 32.2. The molecule has 1 N–H and O–H groups in total. The molecule has 1 aromatic heterocycles. The highest BCUT2D eigenvalue weighted by molar-refractivity contribution is 7.91. The maximum absolute atomic E-state index is 11.9. The number of thiazole rings is 1. The van der Waals surface area contributed by atoms with Gasteiger partial charge in [-0.2, -0.15) is 0 Å². The Balaban J connectivity index is 2.22. The summed E-state index contributed by atoms with van der Waals surface area (Å²) in [6.07, 6.45) is 2.05. The SMILES string of the molecule is O=C(O)Cc1csc(C2CCCCS2(=O)=O)n1. The average molecular weight is 275 g/mol. The van der Waals surface area contributed by atoms with Crippen LogP contribution < -0.4 is 0 Å². The number of carboxylic acid groups (broad SMARTS) is 1. The minimum atomic E-state index is -3.09. The number of hydrogen-bond acceptors (Lipinski definition) is 5. The van der Waals surface area contributed by atoms with Crippen molar-refractivity contribution in [2.45, 2.75) is 30.9 Å². The van der Waals surface area contributed by atoms with Crippen LogP contribution in [0.3, 0.4) is 0 Å². The van der Waals surface area contributed by atoms with E-state index in [-0.39, 0.29) is 12.2 Å². The van der Waals surface area contributed by atoms with Crippen molar-refractivity contribution in [1.29, 1.82) is 0 Å². The van der Waals surface area contributed by atoms with E-state index in [9.17, 15) is 13.2 Å². The summed E-state index contributed by atoms with van der Waals surface area (Å²) in [7, 11) is -3.09. The second-order valence-corrected chi connectivity index (χ2v) is 7.29. The van der Waals surface area contributed by atoms with Crippen LogP contribution >= 0.6 is 11.3 Å². The van der Waals surface area contributed by atoms with Crippen molar-refractivity contribution in [3.63, 3.8) is 0 Å². The van der Waals surface area contributed by atoms with E-state index in [1.807, 2.05) is 0 Å². The highest BCUT2D eigenvalue weighted by Gasteiger charge is 2.32. The van der Waals surface area contributed by atoms with Gasteiger partial charge in [0.1, 0.15) is 10.3 Å². The maximum atomic E-state index is 11.9. The minimum Gasteiger partial charge on any atom is -0.481 e. The molecule has 0 saturated carbocycles. The molecule has 1 aliphatic heterocycles. The van der Waals surface area contributed by atoms with E-state index in [1.54, 1.807) is 5.38 Å². The van der Waals surface area contributed by atoms with Crippen molar-refractivity contribution in [2.75, 3.05) is 5.75 Å². The molecule has 1 atom stereocenters. The Morgan fingerprint density at radius 1 is 1.53 bits per heavy atom. The number of nitrogens with zero attached hydrogens (tertiary/aromatic N) is 1.